The minimum atomic E-state index is -0.725. The van der Waals surface area contributed by atoms with E-state index in [1.807, 2.05) is 0 Å². The Bertz CT molecular complexity index is 1180. The van der Waals surface area contributed by atoms with Crippen LogP contribution in [0.1, 0.15) is 43.2 Å². The van der Waals surface area contributed by atoms with Crippen LogP contribution in [0.3, 0.4) is 0 Å². The van der Waals surface area contributed by atoms with E-state index in [9.17, 15) is 19.7 Å². The first-order chi connectivity index (χ1) is 15.9. The van der Waals surface area contributed by atoms with E-state index in [0.717, 1.165) is 17.7 Å². The first-order valence-corrected chi connectivity index (χ1v) is 10.7. The number of Topliss-reactive ketones (excluding diaryl/α,β-unsaturated/α-hetero) is 1. The molecule has 0 saturated heterocycles. The van der Waals surface area contributed by atoms with Gasteiger partial charge in [-0.05, 0) is 43.0 Å². The van der Waals surface area contributed by atoms with Crippen molar-refractivity contribution in [3.05, 3.63) is 92.3 Å². The number of hydrogen-bond acceptors (Lipinski definition) is 7. The molecule has 170 valence electrons. The van der Waals surface area contributed by atoms with E-state index in [2.05, 4.69) is 5.32 Å². The summed E-state index contributed by atoms with van der Waals surface area (Å²) in [7, 11) is 1.57. The number of allylic oxidation sites excluding steroid dienone is 3. The molecule has 0 aromatic heterocycles. The van der Waals surface area contributed by atoms with E-state index < -0.39 is 16.8 Å². The van der Waals surface area contributed by atoms with Gasteiger partial charge in [-0.25, -0.2) is 4.79 Å². The molecule has 0 bridgehead atoms. The summed E-state index contributed by atoms with van der Waals surface area (Å²) in [5.74, 6) is -0.663. The molecule has 2 aliphatic rings. The molecular weight excluding hydrogens is 424 g/mol. The Hall–Kier alpha value is -3.94. The van der Waals surface area contributed by atoms with Crippen LogP contribution in [-0.2, 0) is 20.9 Å². The van der Waals surface area contributed by atoms with Crippen LogP contribution in [0, 0.1) is 10.1 Å². The van der Waals surface area contributed by atoms with E-state index in [1.54, 1.807) is 50.4 Å². The van der Waals surface area contributed by atoms with E-state index >= 15 is 0 Å². The van der Waals surface area contributed by atoms with Crippen LogP contribution < -0.4 is 10.1 Å². The largest absolute Gasteiger partial charge is 0.497 e. The summed E-state index contributed by atoms with van der Waals surface area (Å²) < 4.78 is 10.8. The quantitative estimate of drug-likeness (QED) is 0.398. The molecule has 2 aromatic carbocycles. The molecule has 0 fully saturated rings. The maximum absolute atomic E-state index is 13.3. The van der Waals surface area contributed by atoms with Crippen molar-refractivity contribution in [2.75, 3.05) is 7.11 Å². The fraction of sp³-hybridized carbons (Fsp3) is 0.280. The standard InChI is InChI=1S/C25H24N2O6/c1-15-22(25(29)33-14-16-9-11-19(32-2)12-10-16)23(17-5-3-6-18(13-17)27(30)31)24-20(26-15)7-4-8-21(24)28/h3,5-6,9-13,23,26H,4,7-8,14H2,1-2H3. The van der Waals surface area contributed by atoms with Gasteiger partial charge in [0, 0.05) is 41.4 Å². The van der Waals surface area contributed by atoms with Crippen molar-refractivity contribution in [2.45, 2.75) is 38.7 Å². The molecule has 2 aromatic rings. The van der Waals surface area contributed by atoms with E-state index in [0.29, 0.717) is 35.4 Å². The fourth-order valence-corrected chi connectivity index (χ4v) is 4.35. The predicted octanol–water partition coefficient (Wildman–Crippen LogP) is 4.31. The Morgan fingerprint density at radius 3 is 2.64 bits per heavy atom. The highest BCUT2D eigenvalue weighted by Gasteiger charge is 2.39. The van der Waals surface area contributed by atoms with Crippen molar-refractivity contribution in [1.29, 1.82) is 0 Å². The van der Waals surface area contributed by atoms with Crippen molar-refractivity contribution in [2.24, 2.45) is 0 Å². The molecule has 1 atom stereocenters. The number of hydrogen-bond donors (Lipinski definition) is 1. The fourth-order valence-electron chi connectivity index (χ4n) is 4.35. The van der Waals surface area contributed by atoms with Crippen molar-refractivity contribution in [3.8, 4) is 5.75 Å². The number of non-ortho nitro benzene ring substituents is 1. The molecule has 1 aliphatic carbocycles. The zero-order valence-corrected chi connectivity index (χ0v) is 18.4. The number of esters is 1. The van der Waals surface area contributed by atoms with Gasteiger partial charge in [-0.15, -0.1) is 0 Å². The molecule has 0 spiro atoms. The Labute approximate surface area is 191 Å². The number of nitro benzene ring substituents is 1. The van der Waals surface area contributed by atoms with Crippen LogP contribution in [0.4, 0.5) is 5.69 Å². The van der Waals surface area contributed by atoms with Gasteiger partial charge < -0.3 is 14.8 Å². The van der Waals surface area contributed by atoms with Crippen LogP contribution in [0.25, 0.3) is 0 Å². The van der Waals surface area contributed by atoms with Crippen molar-refractivity contribution >= 4 is 17.4 Å². The molecule has 8 nitrogen and oxygen atoms in total. The number of ether oxygens (including phenoxy) is 2. The Balaban J connectivity index is 1.69. The predicted molar refractivity (Wildman–Crippen MR) is 120 cm³/mol. The number of rotatable bonds is 6. The third-order valence-corrected chi connectivity index (χ3v) is 5.94. The third-order valence-electron chi connectivity index (χ3n) is 5.94. The van der Waals surface area contributed by atoms with Crippen molar-refractivity contribution in [3.63, 3.8) is 0 Å². The molecule has 0 amide bonds. The number of dihydropyridines is 1. The summed E-state index contributed by atoms with van der Waals surface area (Å²) in [6, 6.07) is 13.2. The van der Waals surface area contributed by atoms with Crippen LogP contribution in [0.2, 0.25) is 0 Å². The van der Waals surface area contributed by atoms with Gasteiger partial charge in [0.1, 0.15) is 12.4 Å². The van der Waals surface area contributed by atoms with Gasteiger partial charge >= 0.3 is 5.97 Å². The Kier molecular flexibility index (Phi) is 6.26. The molecule has 0 saturated carbocycles. The highest BCUT2D eigenvalue weighted by atomic mass is 16.6. The van der Waals surface area contributed by atoms with E-state index in [1.165, 1.54) is 12.1 Å². The molecule has 1 heterocycles. The van der Waals surface area contributed by atoms with Crippen molar-refractivity contribution < 1.29 is 24.0 Å². The summed E-state index contributed by atoms with van der Waals surface area (Å²) in [5.41, 5.74) is 3.34. The second kappa shape index (κ2) is 9.28. The van der Waals surface area contributed by atoms with Crippen LogP contribution in [0.15, 0.2) is 71.1 Å². The van der Waals surface area contributed by atoms with E-state index in [-0.39, 0.29) is 23.7 Å². The Morgan fingerprint density at radius 2 is 1.94 bits per heavy atom. The van der Waals surface area contributed by atoms with Crippen molar-refractivity contribution in [1.82, 2.24) is 5.32 Å². The molecule has 4 rings (SSSR count). The minimum Gasteiger partial charge on any atom is -0.497 e. The SMILES string of the molecule is COc1ccc(COC(=O)C2=C(C)NC3=C(C(=O)CCC3)C2c2cccc([N+](=O)[O-])c2)cc1. The maximum Gasteiger partial charge on any atom is 0.337 e. The summed E-state index contributed by atoms with van der Waals surface area (Å²) in [6.07, 6.45) is 1.77. The van der Waals surface area contributed by atoms with Gasteiger partial charge in [-0.2, -0.15) is 0 Å². The second-order valence-corrected chi connectivity index (χ2v) is 8.04. The lowest BCUT2D eigenvalue weighted by atomic mass is 9.75. The lowest BCUT2D eigenvalue weighted by molar-refractivity contribution is -0.384. The molecule has 8 heteroatoms. The number of ketones is 1. The number of benzene rings is 2. The van der Waals surface area contributed by atoms with Gasteiger partial charge in [0.2, 0.25) is 0 Å². The number of methoxy groups -OCH3 is 1. The van der Waals surface area contributed by atoms with Gasteiger partial charge in [-0.3, -0.25) is 14.9 Å². The first kappa shape index (κ1) is 22.3. The lowest BCUT2D eigenvalue weighted by Crippen LogP contribution is -2.34. The third kappa shape index (κ3) is 4.50. The number of carbonyl (C=O) groups excluding carboxylic acids is 2. The van der Waals surface area contributed by atoms with Crippen LogP contribution >= 0.6 is 0 Å². The topological polar surface area (TPSA) is 108 Å². The number of nitrogens with one attached hydrogen (secondary N) is 1. The summed E-state index contributed by atoms with van der Waals surface area (Å²) in [6.45, 7) is 1.80. The second-order valence-electron chi connectivity index (χ2n) is 8.04. The smallest absolute Gasteiger partial charge is 0.337 e. The average Bonchev–Trinajstić information content (AvgIpc) is 2.82. The normalized spacial score (nSPS) is 17.9. The van der Waals surface area contributed by atoms with Crippen LogP contribution in [0.5, 0.6) is 5.75 Å². The highest BCUT2D eigenvalue weighted by molar-refractivity contribution is 6.03. The van der Waals surface area contributed by atoms with Gasteiger partial charge in [0.25, 0.3) is 5.69 Å². The molecule has 1 N–H and O–H groups in total. The molecule has 33 heavy (non-hydrogen) atoms. The van der Waals surface area contributed by atoms with Gasteiger partial charge in [0.15, 0.2) is 5.78 Å². The lowest BCUT2D eigenvalue weighted by Gasteiger charge is -2.34. The zero-order chi connectivity index (χ0) is 23.5. The number of nitro groups is 1. The molecule has 1 aliphatic heterocycles. The van der Waals surface area contributed by atoms with E-state index in [4.69, 9.17) is 9.47 Å². The number of nitrogens with zero attached hydrogens (tertiary/aromatic N) is 1. The molecule has 0 radical (unpaired) electrons. The zero-order valence-electron chi connectivity index (χ0n) is 18.4. The summed E-state index contributed by atoms with van der Waals surface area (Å²) >= 11 is 0. The summed E-state index contributed by atoms with van der Waals surface area (Å²) in [4.78, 5) is 37.1. The Morgan fingerprint density at radius 1 is 1.18 bits per heavy atom. The summed E-state index contributed by atoms with van der Waals surface area (Å²) in [5, 5.41) is 14.6. The maximum atomic E-state index is 13.3. The van der Waals surface area contributed by atoms with Gasteiger partial charge in [-0.1, -0.05) is 24.3 Å². The van der Waals surface area contributed by atoms with Crippen LogP contribution in [-0.4, -0.2) is 23.8 Å². The molecule has 1 unspecified atom stereocenters. The first-order valence-electron chi connectivity index (χ1n) is 10.7. The average molecular weight is 448 g/mol. The molecular formula is C25H24N2O6. The minimum absolute atomic E-state index is 0.0428. The highest BCUT2D eigenvalue weighted by Crippen LogP contribution is 2.43. The monoisotopic (exact) mass is 448 g/mol. The number of carbonyl (C=O) groups is 2. The van der Waals surface area contributed by atoms with Gasteiger partial charge in [0.05, 0.1) is 17.6 Å².